The van der Waals surface area contributed by atoms with Gasteiger partial charge in [0, 0.05) is 19.5 Å². The van der Waals surface area contributed by atoms with Gasteiger partial charge in [-0.1, -0.05) is 24.6 Å². The van der Waals surface area contributed by atoms with E-state index in [0.29, 0.717) is 49.2 Å². The molecule has 0 fully saturated rings. The first kappa shape index (κ1) is 22.5. The van der Waals surface area contributed by atoms with Crippen LogP contribution in [-0.4, -0.2) is 45.9 Å². The molecule has 0 spiro atoms. The highest BCUT2D eigenvalue weighted by Gasteiger charge is 2.36. The van der Waals surface area contributed by atoms with E-state index in [0.717, 1.165) is 17.7 Å². The molecule has 6 nitrogen and oxygen atoms in total. The molecule has 1 aromatic heterocycles. The van der Waals surface area contributed by atoms with Crippen LogP contribution in [0.4, 0.5) is 17.6 Å². The van der Waals surface area contributed by atoms with Gasteiger partial charge in [0.05, 0.1) is 35.7 Å². The number of fused-ring (bicyclic) bond motifs is 1. The highest BCUT2D eigenvalue weighted by atomic mass is 35.5. The Morgan fingerprint density at radius 3 is 2.69 bits per heavy atom. The molecule has 4 rings (SSSR count). The molecule has 0 bridgehead atoms. The summed E-state index contributed by atoms with van der Waals surface area (Å²) < 4.78 is 54.2. The molecule has 11 heteroatoms. The SMILES string of the molecule is C[C@H](c1ccc(F)cc1C(F)(F)F)c1ncnc2c1CCN(C1=C(Cl)C(=O)NN(C)C1)C2. The first-order chi connectivity index (χ1) is 15.1. The van der Waals surface area contributed by atoms with Gasteiger partial charge >= 0.3 is 6.18 Å². The lowest BCUT2D eigenvalue weighted by Gasteiger charge is -2.37. The molecule has 32 heavy (non-hydrogen) atoms. The standard InChI is InChI=1S/C21H20ClF4N5O/c1-11(13-4-3-12(23)7-15(13)21(24,25)26)19-14-5-6-31(8-16(14)27-10-28-19)17-9-30(2)29-20(32)18(17)22/h3-4,7,10-11H,5-6,8-9H2,1-2H3,(H,29,32)/t11-/m1/s1. The lowest BCUT2D eigenvalue weighted by molar-refractivity contribution is -0.138. The van der Waals surface area contributed by atoms with Crippen molar-refractivity contribution in [3.8, 4) is 0 Å². The maximum atomic E-state index is 13.5. The molecule has 2 aromatic rings. The van der Waals surface area contributed by atoms with Crippen molar-refractivity contribution < 1.29 is 22.4 Å². The number of hydrazine groups is 1. The first-order valence-corrected chi connectivity index (χ1v) is 10.3. The van der Waals surface area contributed by atoms with E-state index in [1.165, 1.54) is 6.33 Å². The maximum absolute atomic E-state index is 13.5. The molecule has 3 heterocycles. The number of hydrogen-bond donors (Lipinski definition) is 1. The summed E-state index contributed by atoms with van der Waals surface area (Å²) in [6, 6.07) is 2.70. The van der Waals surface area contributed by atoms with Gasteiger partial charge in [0.1, 0.15) is 17.2 Å². The Bertz CT molecular complexity index is 1100. The molecule has 0 radical (unpaired) electrons. The van der Waals surface area contributed by atoms with Gasteiger partial charge in [0.15, 0.2) is 0 Å². The van der Waals surface area contributed by atoms with Crippen LogP contribution in [0, 0.1) is 5.82 Å². The van der Waals surface area contributed by atoms with Gasteiger partial charge in [0.2, 0.25) is 0 Å². The van der Waals surface area contributed by atoms with E-state index in [1.807, 2.05) is 4.90 Å². The minimum atomic E-state index is -4.69. The highest BCUT2D eigenvalue weighted by Crippen LogP contribution is 2.39. The molecule has 2 aliphatic rings. The van der Waals surface area contributed by atoms with E-state index in [9.17, 15) is 22.4 Å². The molecular formula is C21H20ClF4N5O. The Morgan fingerprint density at radius 1 is 1.22 bits per heavy atom. The fourth-order valence-corrected chi connectivity index (χ4v) is 4.43. The maximum Gasteiger partial charge on any atom is 0.416 e. The predicted octanol–water partition coefficient (Wildman–Crippen LogP) is 3.57. The molecule has 1 N–H and O–H groups in total. The van der Waals surface area contributed by atoms with Gasteiger partial charge in [-0.25, -0.2) is 19.4 Å². The second-order valence-electron chi connectivity index (χ2n) is 7.86. The third-order valence-electron chi connectivity index (χ3n) is 5.75. The van der Waals surface area contributed by atoms with Gasteiger partial charge in [0.25, 0.3) is 5.91 Å². The quantitative estimate of drug-likeness (QED) is 0.696. The number of carbonyl (C=O) groups excluding carboxylic acids is 1. The highest BCUT2D eigenvalue weighted by molar-refractivity contribution is 6.42. The summed E-state index contributed by atoms with van der Waals surface area (Å²) in [5.74, 6) is -2.06. The number of benzene rings is 1. The number of carbonyl (C=O) groups is 1. The number of hydrogen-bond acceptors (Lipinski definition) is 5. The lowest BCUT2D eigenvalue weighted by atomic mass is 9.88. The molecule has 0 unspecified atom stereocenters. The molecule has 0 saturated carbocycles. The Balaban J connectivity index is 1.68. The average molecular weight is 470 g/mol. The molecule has 2 aliphatic heterocycles. The Labute approximate surface area is 186 Å². The summed E-state index contributed by atoms with van der Waals surface area (Å²) in [4.78, 5) is 22.6. The molecule has 1 atom stereocenters. The summed E-state index contributed by atoms with van der Waals surface area (Å²) in [6.45, 7) is 2.89. The zero-order chi connectivity index (χ0) is 23.2. The third-order valence-corrected chi connectivity index (χ3v) is 6.14. The number of amides is 1. The van der Waals surface area contributed by atoms with Crippen molar-refractivity contribution in [1.82, 2.24) is 25.3 Å². The van der Waals surface area contributed by atoms with E-state index in [2.05, 4.69) is 15.4 Å². The normalized spacial score (nSPS) is 18.5. The fourth-order valence-electron chi connectivity index (χ4n) is 4.21. The minimum Gasteiger partial charge on any atom is -0.366 e. The number of alkyl halides is 3. The van der Waals surface area contributed by atoms with Gasteiger partial charge in [-0.15, -0.1) is 0 Å². The van der Waals surface area contributed by atoms with Crippen molar-refractivity contribution in [2.45, 2.75) is 32.0 Å². The van der Waals surface area contributed by atoms with Crippen LogP contribution in [0.3, 0.4) is 0 Å². The van der Waals surface area contributed by atoms with Crippen molar-refractivity contribution in [2.75, 3.05) is 20.1 Å². The molecule has 0 aliphatic carbocycles. The summed E-state index contributed by atoms with van der Waals surface area (Å²) >= 11 is 6.22. The van der Waals surface area contributed by atoms with Crippen molar-refractivity contribution in [1.29, 1.82) is 0 Å². The average Bonchev–Trinajstić information content (AvgIpc) is 2.74. The number of likely N-dealkylation sites (N-methyl/N-ethyl adjacent to an activating group) is 1. The Hall–Kier alpha value is -2.72. The molecule has 1 amide bonds. The van der Waals surface area contributed by atoms with Crippen molar-refractivity contribution >= 4 is 17.5 Å². The lowest BCUT2D eigenvalue weighted by Crippen LogP contribution is -2.48. The van der Waals surface area contributed by atoms with Crippen LogP contribution >= 0.6 is 11.6 Å². The van der Waals surface area contributed by atoms with Crippen LogP contribution in [0.1, 0.15) is 40.9 Å². The van der Waals surface area contributed by atoms with E-state index in [-0.39, 0.29) is 10.6 Å². The van der Waals surface area contributed by atoms with E-state index >= 15 is 0 Å². The summed E-state index contributed by atoms with van der Waals surface area (Å²) in [7, 11) is 1.72. The molecule has 170 valence electrons. The van der Waals surface area contributed by atoms with Crippen LogP contribution in [-0.2, 0) is 23.9 Å². The Kier molecular flexibility index (Phi) is 5.85. The van der Waals surface area contributed by atoms with Crippen LogP contribution in [0.5, 0.6) is 0 Å². The predicted molar refractivity (Wildman–Crippen MR) is 109 cm³/mol. The number of halogens is 5. The van der Waals surface area contributed by atoms with Gasteiger partial charge < -0.3 is 4.90 Å². The van der Waals surface area contributed by atoms with Crippen LogP contribution in [0.2, 0.25) is 0 Å². The smallest absolute Gasteiger partial charge is 0.366 e. The third kappa shape index (κ3) is 4.16. The van der Waals surface area contributed by atoms with Gasteiger partial charge in [-0.05, 0) is 29.7 Å². The van der Waals surface area contributed by atoms with Crippen LogP contribution in [0.25, 0.3) is 0 Å². The van der Waals surface area contributed by atoms with Crippen molar-refractivity contribution in [2.24, 2.45) is 0 Å². The topological polar surface area (TPSA) is 61.4 Å². The monoisotopic (exact) mass is 469 g/mol. The summed E-state index contributed by atoms with van der Waals surface area (Å²) in [6.07, 6.45) is -2.90. The number of aromatic nitrogens is 2. The number of rotatable bonds is 3. The van der Waals surface area contributed by atoms with Gasteiger partial charge in [-0.3, -0.25) is 10.2 Å². The number of nitrogens with zero attached hydrogens (tertiary/aromatic N) is 4. The fraction of sp³-hybridized carbons (Fsp3) is 0.381. The molecular weight excluding hydrogens is 450 g/mol. The van der Waals surface area contributed by atoms with E-state index in [1.54, 1.807) is 19.0 Å². The molecule has 1 aromatic carbocycles. The summed E-state index contributed by atoms with van der Waals surface area (Å²) in [5.41, 5.74) is 4.12. The van der Waals surface area contributed by atoms with Crippen LogP contribution in [0.15, 0.2) is 35.3 Å². The second kappa shape index (κ2) is 8.32. The van der Waals surface area contributed by atoms with E-state index < -0.39 is 29.4 Å². The second-order valence-corrected chi connectivity index (χ2v) is 8.24. The Morgan fingerprint density at radius 2 is 1.97 bits per heavy atom. The zero-order valence-corrected chi connectivity index (χ0v) is 18.1. The largest absolute Gasteiger partial charge is 0.416 e. The van der Waals surface area contributed by atoms with Crippen LogP contribution < -0.4 is 5.43 Å². The molecule has 0 saturated heterocycles. The minimum absolute atomic E-state index is 0.0430. The number of nitrogens with one attached hydrogen (secondary N) is 1. The van der Waals surface area contributed by atoms with Crippen molar-refractivity contribution in [3.05, 3.63) is 69.2 Å². The van der Waals surface area contributed by atoms with Gasteiger partial charge in [-0.2, -0.15) is 13.2 Å². The van der Waals surface area contributed by atoms with E-state index in [4.69, 9.17) is 11.6 Å². The first-order valence-electron chi connectivity index (χ1n) is 9.91. The summed E-state index contributed by atoms with van der Waals surface area (Å²) in [5, 5.41) is 1.73. The van der Waals surface area contributed by atoms with Crippen molar-refractivity contribution in [3.63, 3.8) is 0 Å². The zero-order valence-electron chi connectivity index (χ0n) is 17.3.